The van der Waals surface area contributed by atoms with Gasteiger partial charge in [-0.05, 0) is 91.3 Å². The fourth-order valence-electron chi connectivity index (χ4n) is 5.33. The number of rotatable bonds is 3. The summed E-state index contributed by atoms with van der Waals surface area (Å²) in [5.41, 5.74) is 7.99. The summed E-state index contributed by atoms with van der Waals surface area (Å²) in [7, 11) is -0.386. The van der Waals surface area contributed by atoms with E-state index in [1.807, 2.05) is 12.1 Å². The molecule has 186 valence electrons. The van der Waals surface area contributed by atoms with Crippen LogP contribution in [0.1, 0.15) is 27.7 Å². The van der Waals surface area contributed by atoms with Gasteiger partial charge in [0, 0.05) is 11.8 Å². The molecule has 1 fully saturated rings. The lowest BCUT2D eigenvalue weighted by Crippen LogP contribution is -2.41. The van der Waals surface area contributed by atoms with Crippen LogP contribution in [-0.2, 0) is 9.31 Å². The van der Waals surface area contributed by atoms with Crippen molar-refractivity contribution in [2.75, 3.05) is 0 Å². The third kappa shape index (κ3) is 3.65. The standard InChI is InChI=1S/C33H28BNO3/c1-32(2)33(3,4)38-34(37-32)25-11-6-10-23(19-25)21-8-5-9-22(18-21)24-14-15-26-27-12-7-13-28-31(27)29(16-17-35-28)36-30(26)20-24/h5-20H,1-4H3. The molecule has 4 aromatic carbocycles. The van der Waals surface area contributed by atoms with Crippen LogP contribution in [0.2, 0.25) is 0 Å². The number of nitrogens with zero attached hydrogens (tertiary/aromatic N) is 1. The second-order valence-corrected chi connectivity index (χ2v) is 11.1. The lowest BCUT2D eigenvalue weighted by molar-refractivity contribution is 0.00578. The topological polar surface area (TPSA) is 40.6 Å². The summed E-state index contributed by atoms with van der Waals surface area (Å²) in [6.07, 6.45) is 1.80. The van der Waals surface area contributed by atoms with Crippen LogP contribution in [0.3, 0.4) is 0 Å². The van der Waals surface area contributed by atoms with Crippen molar-refractivity contribution in [2.24, 2.45) is 0 Å². The quantitative estimate of drug-likeness (QED) is 0.236. The molecule has 1 aromatic heterocycles. The molecule has 2 aliphatic rings. The van der Waals surface area contributed by atoms with Crippen molar-refractivity contribution in [3.05, 3.63) is 97.2 Å². The van der Waals surface area contributed by atoms with E-state index >= 15 is 0 Å². The average Bonchev–Trinajstić information content (AvgIpc) is 3.15. The number of ether oxygens (including phenoxy) is 1. The summed E-state index contributed by atoms with van der Waals surface area (Å²) >= 11 is 0. The highest BCUT2D eigenvalue weighted by Gasteiger charge is 2.51. The highest BCUT2D eigenvalue weighted by molar-refractivity contribution is 6.62. The number of hydrogen-bond donors (Lipinski definition) is 0. The molecule has 0 saturated carbocycles. The first-order chi connectivity index (χ1) is 18.3. The van der Waals surface area contributed by atoms with Gasteiger partial charge in [0.25, 0.3) is 0 Å². The minimum Gasteiger partial charge on any atom is -0.456 e. The van der Waals surface area contributed by atoms with Crippen LogP contribution in [0.5, 0.6) is 11.5 Å². The molecule has 0 aliphatic carbocycles. The van der Waals surface area contributed by atoms with Crippen molar-refractivity contribution in [3.8, 4) is 44.9 Å². The third-order valence-corrected chi connectivity index (χ3v) is 8.16. The molecule has 0 amide bonds. The van der Waals surface area contributed by atoms with Gasteiger partial charge in [-0.2, -0.15) is 0 Å². The van der Waals surface area contributed by atoms with E-state index in [4.69, 9.17) is 14.0 Å². The van der Waals surface area contributed by atoms with E-state index < -0.39 is 0 Å². The zero-order valence-electron chi connectivity index (χ0n) is 22.0. The normalized spacial score (nSPS) is 16.8. The summed E-state index contributed by atoms with van der Waals surface area (Å²) in [4.78, 5) is 4.51. The molecule has 0 N–H and O–H groups in total. The van der Waals surface area contributed by atoms with Crippen LogP contribution in [0.25, 0.3) is 44.3 Å². The molecule has 0 unspecified atom stereocenters. The Morgan fingerprint density at radius 3 is 2.03 bits per heavy atom. The van der Waals surface area contributed by atoms with E-state index in [0.29, 0.717) is 0 Å². The van der Waals surface area contributed by atoms with E-state index in [0.717, 1.165) is 61.2 Å². The molecule has 0 atom stereocenters. The van der Waals surface area contributed by atoms with Crippen LogP contribution in [-0.4, -0.2) is 23.3 Å². The SMILES string of the molecule is CC1(C)OB(c2cccc(-c3cccc(-c4ccc5c(c4)Oc4ccnc6cccc-5c46)c3)c2)OC1(C)C. The van der Waals surface area contributed by atoms with E-state index in [2.05, 4.69) is 112 Å². The monoisotopic (exact) mass is 497 g/mol. The van der Waals surface area contributed by atoms with E-state index in [9.17, 15) is 0 Å². The summed E-state index contributed by atoms with van der Waals surface area (Å²) < 4.78 is 19.0. The zero-order chi connectivity index (χ0) is 26.1. The number of hydrogen-bond acceptors (Lipinski definition) is 4. The molecule has 4 nitrogen and oxygen atoms in total. The Bertz CT molecular complexity index is 1700. The van der Waals surface area contributed by atoms with E-state index in [1.165, 1.54) is 0 Å². The Morgan fingerprint density at radius 2 is 1.26 bits per heavy atom. The predicted molar refractivity (Wildman–Crippen MR) is 154 cm³/mol. The first-order valence-corrected chi connectivity index (χ1v) is 13.1. The molecule has 1 saturated heterocycles. The van der Waals surface area contributed by atoms with Gasteiger partial charge >= 0.3 is 7.12 Å². The number of benzene rings is 4. The van der Waals surface area contributed by atoms with Crippen LogP contribution in [0.15, 0.2) is 97.2 Å². The molecule has 7 rings (SSSR count). The second-order valence-electron chi connectivity index (χ2n) is 11.1. The molecular formula is C33H28BNO3. The summed E-state index contributed by atoms with van der Waals surface area (Å²) in [6.45, 7) is 8.33. The van der Waals surface area contributed by atoms with Crippen molar-refractivity contribution >= 4 is 23.5 Å². The Labute approximate surface area is 223 Å². The summed E-state index contributed by atoms with van der Waals surface area (Å²) in [5, 5.41) is 1.07. The second kappa shape index (κ2) is 8.29. The highest BCUT2D eigenvalue weighted by atomic mass is 16.7. The number of fused-ring (bicyclic) bond motifs is 2. The summed E-state index contributed by atoms with van der Waals surface area (Å²) in [5.74, 6) is 1.71. The number of pyridine rings is 1. The van der Waals surface area contributed by atoms with Gasteiger partial charge in [0.1, 0.15) is 11.5 Å². The molecule has 38 heavy (non-hydrogen) atoms. The molecule has 0 bridgehead atoms. The summed E-state index contributed by atoms with van der Waals surface area (Å²) in [6, 6.07) is 31.7. The molecule has 2 aliphatic heterocycles. The van der Waals surface area contributed by atoms with E-state index in [1.54, 1.807) is 6.20 Å². The first kappa shape index (κ1) is 23.2. The smallest absolute Gasteiger partial charge is 0.456 e. The van der Waals surface area contributed by atoms with Gasteiger partial charge in [-0.3, -0.25) is 4.98 Å². The van der Waals surface area contributed by atoms with Gasteiger partial charge in [0.2, 0.25) is 0 Å². The van der Waals surface area contributed by atoms with Gasteiger partial charge < -0.3 is 14.0 Å². The molecular weight excluding hydrogens is 469 g/mol. The largest absolute Gasteiger partial charge is 0.494 e. The molecule has 0 radical (unpaired) electrons. The van der Waals surface area contributed by atoms with Crippen LogP contribution in [0, 0.1) is 0 Å². The average molecular weight is 497 g/mol. The Morgan fingerprint density at radius 1 is 0.605 bits per heavy atom. The molecule has 0 spiro atoms. The highest BCUT2D eigenvalue weighted by Crippen LogP contribution is 2.47. The minimum absolute atomic E-state index is 0.370. The molecule has 3 heterocycles. The van der Waals surface area contributed by atoms with Crippen LogP contribution in [0.4, 0.5) is 0 Å². The maximum Gasteiger partial charge on any atom is 0.494 e. The first-order valence-electron chi connectivity index (χ1n) is 13.1. The number of aromatic nitrogens is 1. The fraction of sp³-hybridized carbons (Fsp3) is 0.182. The van der Waals surface area contributed by atoms with Gasteiger partial charge in [-0.15, -0.1) is 0 Å². The van der Waals surface area contributed by atoms with Gasteiger partial charge in [0.15, 0.2) is 0 Å². The van der Waals surface area contributed by atoms with Crippen molar-refractivity contribution in [3.63, 3.8) is 0 Å². The Kier molecular flexibility index (Phi) is 5.06. The lowest BCUT2D eigenvalue weighted by atomic mass is 9.78. The van der Waals surface area contributed by atoms with Gasteiger partial charge in [0.05, 0.1) is 22.1 Å². The fourth-order valence-corrected chi connectivity index (χ4v) is 5.33. The Hall–Kier alpha value is -3.93. The molecule has 5 aromatic rings. The van der Waals surface area contributed by atoms with Crippen molar-refractivity contribution < 1.29 is 14.0 Å². The maximum atomic E-state index is 6.37. The predicted octanol–water partition coefficient (Wildman–Crippen LogP) is 7.64. The third-order valence-electron chi connectivity index (χ3n) is 8.16. The maximum absolute atomic E-state index is 6.37. The Balaban J connectivity index is 1.23. The lowest BCUT2D eigenvalue weighted by Gasteiger charge is -2.32. The van der Waals surface area contributed by atoms with E-state index in [-0.39, 0.29) is 18.3 Å². The van der Waals surface area contributed by atoms with Gasteiger partial charge in [-0.25, -0.2) is 0 Å². The van der Waals surface area contributed by atoms with Crippen LogP contribution < -0.4 is 10.2 Å². The molecule has 5 heteroatoms. The zero-order valence-corrected chi connectivity index (χ0v) is 22.0. The van der Waals surface area contributed by atoms with Gasteiger partial charge in [-0.1, -0.05) is 60.7 Å². The van der Waals surface area contributed by atoms with Crippen molar-refractivity contribution in [1.29, 1.82) is 0 Å². The van der Waals surface area contributed by atoms with Crippen molar-refractivity contribution in [1.82, 2.24) is 4.98 Å². The minimum atomic E-state index is -0.386. The van der Waals surface area contributed by atoms with Crippen LogP contribution >= 0.6 is 0 Å². The van der Waals surface area contributed by atoms with Crippen molar-refractivity contribution in [2.45, 2.75) is 38.9 Å².